The number of ether oxygens (including phenoxy) is 1. The van der Waals surface area contributed by atoms with E-state index < -0.39 is 0 Å². The second-order valence-electron chi connectivity index (χ2n) is 2.98. The molecule has 0 aliphatic rings. The molecule has 0 aliphatic carbocycles. The fourth-order valence-corrected chi connectivity index (χ4v) is 0.674. The summed E-state index contributed by atoms with van der Waals surface area (Å²) < 4.78 is 4.27. The van der Waals surface area contributed by atoms with Crippen molar-refractivity contribution in [2.45, 2.75) is 46.5 Å². The summed E-state index contributed by atoms with van der Waals surface area (Å²) >= 11 is 0. The van der Waals surface area contributed by atoms with Crippen molar-refractivity contribution < 1.29 is 9.53 Å². The highest BCUT2D eigenvalue weighted by molar-refractivity contribution is 5.86. The topological polar surface area (TPSA) is 26.3 Å². The van der Waals surface area contributed by atoms with Gasteiger partial charge in [-0.1, -0.05) is 46.1 Å². The molecular weight excluding hydrogens is 164 g/mol. The Morgan fingerprint density at radius 3 is 1.69 bits per heavy atom. The van der Waals surface area contributed by atoms with Crippen LogP contribution in [0.5, 0.6) is 0 Å². The number of esters is 1. The third kappa shape index (κ3) is 14.1. The Labute approximate surface area is 82.0 Å². The highest BCUT2D eigenvalue weighted by atomic mass is 16.5. The van der Waals surface area contributed by atoms with Crippen molar-refractivity contribution in [1.29, 1.82) is 0 Å². The fraction of sp³-hybridized carbons (Fsp3) is 0.727. The molecule has 0 unspecified atom stereocenters. The second kappa shape index (κ2) is 11.2. The van der Waals surface area contributed by atoms with E-state index in [-0.39, 0.29) is 5.97 Å². The summed E-state index contributed by atoms with van der Waals surface area (Å²) in [4.78, 5) is 10.2. The number of hydrogen-bond acceptors (Lipinski definition) is 2. The van der Waals surface area contributed by atoms with Gasteiger partial charge in [-0.2, -0.15) is 0 Å². The molecule has 0 heterocycles. The monoisotopic (exact) mass is 186 g/mol. The van der Waals surface area contributed by atoms with Gasteiger partial charge in [0.2, 0.25) is 0 Å². The first-order valence-electron chi connectivity index (χ1n) is 4.83. The number of unbranched alkanes of at least 4 members (excludes halogenated alkanes) is 3. The van der Waals surface area contributed by atoms with Crippen LogP contribution in [0.2, 0.25) is 0 Å². The molecule has 0 atom stereocenters. The van der Waals surface area contributed by atoms with Crippen LogP contribution in [0, 0.1) is 0 Å². The van der Waals surface area contributed by atoms with E-state index in [4.69, 9.17) is 0 Å². The smallest absolute Gasteiger partial charge is 0.332 e. The van der Waals surface area contributed by atoms with Gasteiger partial charge in [0.25, 0.3) is 0 Å². The summed E-state index contributed by atoms with van der Waals surface area (Å²) in [5, 5.41) is 0. The van der Waals surface area contributed by atoms with E-state index in [1.807, 2.05) is 0 Å². The molecule has 2 heteroatoms. The molecule has 0 rings (SSSR count). The van der Waals surface area contributed by atoms with Crippen LogP contribution < -0.4 is 0 Å². The highest BCUT2D eigenvalue weighted by Gasteiger charge is 1.95. The van der Waals surface area contributed by atoms with Gasteiger partial charge in [-0.15, -0.1) is 0 Å². The van der Waals surface area contributed by atoms with Gasteiger partial charge in [0.15, 0.2) is 0 Å². The van der Waals surface area contributed by atoms with Crippen LogP contribution in [0.25, 0.3) is 0 Å². The summed E-state index contributed by atoms with van der Waals surface area (Å²) in [5.74, 6) is -0.347. The predicted molar refractivity (Wildman–Crippen MR) is 56.6 cm³/mol. The molecule has 2 nitrogen and oxygen atoms in total. The zero-order valence-corrected chi connectivity index (χ0v) is 9.35. The molecular formula is C11H22O2. The molecule has 78 valence electrons. The molecule has 0 aromatic carbocycles. The molecule has 0 N–H and O–H groups in total. The Hall–Kier alpha value is -0.790. The van der Waals surface area contributed by atoms with Crippen LogP contribution in [0.4, 0.5) is 0 Å². The van der Waals surface area contributed by atoms with Crippen LogP contribution in [0.3, 0.4) is 0 Å². The van der Waals surface area contributed by atoms with Crippen molar-refractivity contribution >= 4 is 5.97 Å². The number of carbonyl (C=O) groups excluding carboxylic acids is 1. The van der Waals surface area contributed by atoms with E-state index in [1.165, 1.54) is 32.8 Å². The van der Waals surface area contributed by atoms with Crippen LogP contribution in [-0.4, -0.2) is 13.1 Å². The highest BCUT2D eigenvalue weighted by Crippen LogP contribution is 1.95. The molecule has 0 amide bonds. The first-order chi connectivity index (χ1) is 6.09. The molecule has 0 aromatic rings. The lowest BCUT2D eigenvalue weighted by Crippen LogP contribution is -1.98. The summed E-state index contributed by atoms with van der Waals surface area (Å²) in [6.45, 7) is 9.42. The molecule has 0 spiro atoms. The van der Waals surface area contributed by atoms with Gasteiger partial charge in [0, 0.05) is 5.57 Å². The average Bonchev–Trinajstić information content (AvgIpc) is 2.14. The maximum atomic E-state index is 10.2. The van der Waals surface area contributed by atoms with Gasteiger partial charge in [-0.25, -0.2) is 4.79 Å². The van der Waals surface area contributed by atoms with Crippen LogP contribution in [0.15, 0.2) is 12.2 Å². The molecule has 0 radical (unpaired) electrons. The number of methoxy groups -OCH3 is 1. The fourth-order valence-electron chi connectivity index (χ4n) is 0.674. The van der Waals surface area contributed by atoms with Crippen molar-refractivity contribution in [2.75, 3.05) is 7.11 Å². The van der Waals surface area contributed by atoms with Crippen LogP contribution in [-0.2, 0) is 9.53 Å². The molecule has 0 bridgehead atoms. The van der Waals surface area contributed by atoms with Gasteiger partial charge in [0.1, 0.15) is 0 Å². The first-order valence-corrected chi connectivity index (χ1v) is 4.83. The van der Waals surface area contributed by atoms with Gasteiger partial charge >= 0.3 is 5.97 Å². The van der Waals surface area contributed by atoms with Gasteiger partial charge in [0.05, 0.1) is 7.11 Å². The predicted octanol–water partition coefficient (Wildman–Crippen LogP) is 3.32. The zero-order chi connectivity index (χ0) is 10.7. The van der Waals surface area contributed by atoms with Crippen molar-refractivity contribution in [1.82, 2.24) is 0 Å². The largest absolute Gasteiger partial charge is 0.466 e. The van der Waals surface area contributed by atoms with E-state index in [0.29, 0.717) is 5.57 Å². The molecule has 0 saturated heterocycles. The maximum Gasteiger partial charge on any atom is 0.332 e. The lowest BCUT2D eigenvalue weighted by molar-refractivity contribution is -0.136. The van der Waals surface area contributed by atoms with Crippen molar-refractivity contribution in [3.63, 3.8) is 0 Å². The molecule has 0 aromatic heterocycles. The van der Waals surface area contributed by atoms with Gasteiger partial charge in [-0.05, 0) is 6.92 Å². The zero-order valence-electron chi connectivity index (χ0n) is 9.35. The number of rotatable bonds is 4. The Morgan fingerprint density at radius 2 is 1.62 bits per heavy atom. The Morgan fingerprint density at radius 1 is 1.23 bits per heavy atom. The van der Waals surface area contributed by atoms with Gasteiger partial charge < -0.3 is 4.74 Å². The lowest BCUT2D eigenvalue weighted by Gasteiger charge is -1.91. The van der Waals surface area contributed by atoms with Gasteiger partial charge in [-0.3, -0.25) is 0 Å². The Bertz CT molecular complexity index is 135. The summed E-state index contributed by atoms with van der Waals surface area (Å²) in [7, 11) is 1.33. The van der Waals surface area contributed by atoms with Crippen molar-refractivity contribution in [2.24, 2.45) is 0 Å². The van der Waals surface area contributed by atoms with E-state index >= 15 is 0 Å². The van der Waals surface area contributed by atoms with Crippen molar-refractivity contribution in [3.8, 4) is 0 Å². The second-order valence-corrected chi connectivity index (χ2v) is 2.98. The minimum Gasteiger partial charge on any atom is -0.466 e. The number of carbonyl (C=O) groups is 1. The summed E-state index contributed by atoms with van der Waals surface area (Å²) in [6.07, 6.45) is 5.54. The van der Waals surface area contributed by atoms with E-state index in [2.05, 4.69) is 25.2 Å². The molecule has 0 aliphatic heterocycles. The Balaban J connectivity index is 0. The quantitative estimate of drug-likeness (QED) is 0.382. The normalized spacial score (nSPS) is 8.31. The molecule has 0 saturated carbocycles. The summed E-state index contributed by atoms with van der Waals surface area (Å²) in [5.41, 5.74) is 0.433. The van der Waals surface area contributed by atoms with E-state index in [1.54, 1.807) is 6.92 Å². The van der Waals surface area contributed by atoms with Crippen LogP contribution in [0.1, 0.15) is 46.5 Å². The Kier molecular flexibility index (Phi) is 12.7. The average molecular weight is 186 g/mol. The first kappa shape index (κ1) is 14.7. The van der Waals surface area contributed by atoms with E-state index in [9.17, 15) is 4.79 Å². The third-order valence-electron chi connectivity index (χ3n) is 1.49. The third-order valence-corrected chi connectivity index (χ3v) is 1.49. The van der Waals surface area contributed by atoms with Crippen LogP contribution >= 0.6 is 0 Å². The summed E-state index contributed by atoms with van der Waals surface area (Å²) in [6, 6.07) is 0. The maximum absolute atomic E-state index is 10.2. The minimum absolute atomic E-state index is 0.347. The minimum atomic E-state index is -0.347. The standard InChI is InChI=1S/C6H14.C5H8O2/c1-3-5-6-4-2;1-4(2)5(6)7-3/h3-6H2,1-2H3;1H2,2-3H3. The SMILES string of the molecule is C=C(C)C(=O)OC.CCCCCC. The van der Waals surface area contributed by atoms with E-state index in [0.717, 1.165) is 0 Å². The number of hydrogen-bond donors (Lipinski definition) is 0. The molecule has 13 heavy (non-hydrogen) atoms. The lowest BCUT2D eigenvalue weighted by atomic mass is 10.2. The van der Waals surface area contributed by atoms with Crippen molar-refractivity contribution in [3.05, 3.63) is 12.2 Å². The molecule has 0 fully saturated rings.